The lowest BCUT2D eigenvalue weighted by atomic mass is 9.88. The summed E-state index contributed by atoms with van der Waals surface area (Å²) in [6, 6.07) is 5.68. The van der Waals surface area contributed by atoms with E-state index in [2.05, 4.69) is 25.0 Å². The van der Waals surface area contributed by atoms with E-state index in [9.17, 15) is 13.2 Å². The van der Waals surface area contributed by atoms with Crippen LogP contribution in [-0.4, -0.2) is 41.4 Å². The number of hydrogen-bond acceptors (Lipinski definition) is 6. The summed E-state index contributed by atoms with van der Waals surface area (Å²) in [5, 5.41) is 4.49. The van der Waals surface area contributed by atoms with E-state index in [1.807, 2.05) is 13.1 Å². The van der Waals surface area contributed by atoms with Crippen LogP contribution in [0.15, 0.2) is 43.0 Å². The lowest BCUT2D eigenvalue weighted by Gasteiger charge is -2.25. The van der Waals surface area contributed by atoms with Gasteiger partial charge in [0.05, 0.1) is 30.3 Å². The number of fused-ring (bicyclic) bond motifs is 1. The SMILES string of the molecule is COc1nc(/C=C/c2nc3n(n2)CCC[C@H]3c2ccccc2C(F)(F)F)cnc1-n1cnc(C)c1. The van der Waals surface area contributed by atoms with Crippen LogP contribution in [0.2, 0.25) is 0 Å². The number of ether oxygens (including phenoxy) is 1. The molecule has 0 spiro atoms. The van der Waals surface area contributed by atoms with E-state index in [4.69, 9.17) is 4.74 Å². The van der Waals surface area contributed by atoms with Crippen LogP contribution >= 0.6 is 0 Å². The quantitative estimate of drug-likeness (QED) is 0.411. The summed E-state index contributed by atoms with van der Waals surface area (Å²) in [6.45, 7) is 2.48. The monoisotopic (exact) mass is 481 g/mol. The fourth-order valence-corrected chi connectivity index (χ4v) is 4.26. The Morgan fingerprint density at radius 2 is 1.94 bits per heavy atom. The van der Waals surface area contributed by atoms with Crippen LogP contribution in [0.5, 0.6) is 5.88 Å². The molecule has 0 fully saturated rings. The van der Waals surface area contributed by atoms with Crippen molar-refractivity contribution >= 4 is 12.2 Å². The average molecular weight is 481 g/mol. The minimum absolute atomic E-state index is 0.227. The van der Waals surface area contributed by atoms with E-state index in [0.29, 0.717) is 48.4 Å². The Balaban J connectivity index is 1.43. The van der Waals surface area contributed by atoms with Gasteiger partial charge in [-0.1, -0.05) is 18.2 Å². The molecule has 35 heavy (non-hydrogen) atoms. The van der Waals surface area contributed by atoms with Gasteiger partial charge in [0.2, 0.25) is 5.82 Å². The van der Waals surface area contributed by atoms with Crippen molar-refractivity contribution in [2.45, 2.75) is 38.4 Å². The molecule has 0 radical (unpaired) electrons. The maximum Gasteiger partial charge on any atom is 0.416 e. The van der Waals surface area contributed by atoms with Crippen LogP contribution in [0.1, 0.15) is 52.9 Å². The van der Waals surface area contributed by atoms with E-state index in [1.54, 1.807) is 40.0 Å². The van der Waals surface area contributed by atoms with Crippen molar-refractivity contribution in [2.24, 2.45) is 0 Å². The normalized spacial score (nSPS) is 16.0. The second-order valence-corrected chi connectivity index (χ2v) is 8.21. The Hall–Kier alpha value is -4.02. The molecule has 0 unspecified atom stereocenters. The molecule has 1 aliphatic heterocycles. The van der Waals surface area contributed by atoms with E-state index >= 15 is 0 Å². The second-order valence-electron chi connectivity index (χ2n) is 8.21. The Bertz CT molecular complexity index is 1390. The highest BCUT2D eigenvalue weighted by Crippen LogP contribution is 2.40. The number of aryl methyl sites for hydroxylation is 2. The fraction of sp³-hybridized carbons (Fsp3) is 0.292. The van der Waals surface area contributed by atoms with Gasteiger partial charge in [-0.2, -0.15) is 18.3 Å². The van der Waals surface area contributed by atoms with Gasteiger partial charge in [0.15, 0.2) is 5.82 Å². The Labute approximate surface area is 199 Å². The number of aromatic nitrogens is 7. The zero-order valence-electron chi connectivity index (χ0n) is 19.1. The average Bonchev–Trinajstić information content (AvgIpc) is 3.47. The Kier molecular flexibility index (Phi) is 5.83. The van der Waals surface area contributed by atoms with Crippen LogP contribution in [0.4, 0.5) is 13.2 Å². The Morgan fingerprint density at radius 1 is 1.11 bits per heavy atom. The third kappa shape index (κ3) is 4.53. The topological polar surface area (TPSA) is 83.5 Å². The molecular weight excluding hydrogens is 459 g/mol. The molecule has 3 aromatic heterocycles. The molecule has 1 atom stereocenters. The highest BCUT2D eigenvalue weighted by atomic mass is 19.4. The number of alkyl halides is 3. The van der Waals surface area contributed by atoms with Crippen molar-refractivity contribution in [2.75, 3.05) is 7.11 Å². The van der Waals surface area contributed by atoms with Crippen molar-refractivity contribution < 1.29 is 17.9 Å². The smallest absolute Gasteiger partial charge is 0.416 e. The fourth-order valence-electron chi connectivity index (χ4n) is 4.26. The summed E-state index contributed by atoms with van der Waals surface area (Å²) in [4.78, 5) is 17.6. The highest BCUT2D eigenvalue weighted by molar-refractivity contribution is 5.64. The summed E-state index contributed by atoms with van der Waals surface area (Å²) < 4.78 is 49.6. The van der Waals surface area contributed by atoms with Crippen molar-refractivity contribution in [1.82, 2.24) is 34.3 Å². The number of benzene rings is 1. The Morgan fingerprint density at radius 3 is 2.69 bits per heavy atom. The standard InChI is InChI=1S/C24H22F3N7O/c1-15-13-33(14-29-15)22-23(35-2)30-16(12-28-22)9-10-20-31-21-18(7-5-11-34(21)32-20)17-6-3-4-8-19(17)24(25,26)27/h3-4,6,8-10,12-14,18H,5,7,11H2,1-2H3/b10-9+/t18-/m0/s1. The molecule has 1 aromatic carbocycles. The minimum Gasteiger partial charge on any atom is -0.478 e. The molecule has 4 aromatic rings. The summed E-state index contributed by atoms with van der Waals surface area (Å²) >= 11 is 0. The molecule has 0 saturated heterocycles. The number of hydrogen-bond donors (Lipinski definition) is 0. The number of nitrogens with zero attached hydrogens (tertiary/aromatic N) is 7. The minimum atomic E-state index is -4.43. The lowest BCUT2D eigenvalue weighted by Crippen LogP contribution is -2.21. The largest absolute Gasteiger partial charge is 0.478 e. The van der Waals surface area contributed by atoms with Gasteiger partial charge in [-0.3, -0.25) is 4.57 Å². The third-order valence-electron chi connectivity index (χ3n) is 5.83. The lowest BCUT2D eigenvalue weighted by molar-refractivity contribution is -0.138. The van der Waals surface area contributed by atoms with Gasteiger partial charge in [0.1, 0.15) is 12.2 Å². The number of methoxy groups -OCH3 is 1. The number of imidazole rings is 1. The maximum absolute atomic E-state index is 13.6. The molecule has 8 nitrogen and oxygen atoms in total. The molecular formula is C24H22F3N7O. The molecule has 0 amide bonds. The first kappa shape index (κ1) is 22.8. The van der Waals surface area contributed by atoms with Crippen LogP contribution < -0.4 is 4.74 Å². The third-order valence-corrected chi connectivity index (χ3v) is 5.83. The molecule has 0 bridgehead atoms. The van der Waals surface area contributed by atoms with Gasteiger partial charge in [0.25, 0.3) is 5.88 Å². The first-order valence-electron chi connectivity index (χ1n) is 11.0. The van der Waals surface area contributed by atoms with Gasteiger partial charge in [-0.25, -0.2) is 24.6 Å². The molecule has 1 aliphatic rings. The first-order chi connectivity index (χ1) is 16.8. The molecule has 0 saturated carbocycles. The van der Waals surface area contributed by atoms with Crippen molar-refractivity contribution in [3.05, 3.63) is 77.2 Å². The second kappa shape index (κ2) is 8.97. The van der Waals surface area contributed by atoms with Crippen molar-refractivity contribution in [1.29, 1.82) is 0 Å². The van der Waals surface area contributed by atoms with E-state index in [-0.39, 0.29) is 5.56 Å². The summed E-state index contributed by atoms with van der Waals surface area (Å²) in [5.41, 5.74) is 0.955. The van der Waals surface area contributed by atoms with E-state index < -0.39 is 17.7 Å². The van der Waals surface area contributed by atoms with Gasteiger partial charge < -0.3 is 4.74 Å². The van der Waals surface area contributed by atoms with Gasteiger partial charge in [0, 0.05) is 18.7 Å². The summed E-state index contributed by atoms with van der Waals surface area (Å²) in [5.74, 6) is 1.28. The van der Waals surface area contributed by atoms with E-state index in [1.165, 1.54) is 19.2 Å². The molecule has 11 heteroatoms. The predicted octanol–water partition coefficient (Wildman–Crippen LogP) is 4.69. The van der Waals surface area contributed by atoms with Crippen LogP contribution in [-0.2, 0) is 12.7 Å². The van der Waals surface area contributed by atoms with Gasteiger partial charge in [-0.15, -0.1) is 0 Å². The van der Waals surface area contributed by atoms with Crippen LogP contribution in [0.3, 0.4) is 0 Å². The molecule has 4 heterocycles. The zero-order valence-corrected chi connectivity index (χ0v) is 19.1. The molecule has 5 rings (SSSR count). The van der Waals surface area contributed by atoms with E-state index in [0.717, 1.165) is 11.8 Å². The van der Waals surface area contributed by atoms with Gasteiger partial charge in [-0.05, 0) is 43.5 Å². The number of rotatable bonds is 5. The summed E-state index contributed by atoms with van der Waals surface area (Å²) in [7, 11) is 1.51. The summed E-state index contributed by atoms with van der Waals surface area (Å²) in [6.07, 6.45) is 5.25. The maximum atomic E-state index is 13.6. The number of halogens is 3. The highest BCUT2D eigenvalue weighted by Gasteiger charge is 2.37. The van der Waals surface area contributed by atoms with Crippen LogP contribution in [0, 0.1) is 6.92 Å². The van der Waals surface area contributed by atoms with Gasteiger partial charge >= 0.3 is 6.18 Å². The predicted molar refractivity (Wildman–Crippen MR) is 122 cm³/mol. The molecule has 0 N–H and O–H groups in total. The first-order valence-corrected chi connectivity index (χ1v) is 11.0. The zero-order chi connectivity index (χ0) is 24.6. The van der Waals surface area contributed by atoms with Crippen LogP contribution in [0.25, 0.3) is 18.0 Å². The molecule has 180 valence electrons. The van der Waals surface area contributed by atoms with Crippen molar-refractivity contribution in [3.8, 4) is 11.7 Å². The van der Waals surface area contributed by atoms with Crippen molar-refractivity contribution in [3.63, 3.8) is 0 Å². The molecule has 0 aliphatic carbocycles.